The Kier molecular flexibility index (Phi) is 7.43. The number of likely N-dealkylation sites (N-methyl/N-ethyl adjacent to an activating group) is 1. The van der Waals surface area contributed by atoms with Crippen molar-refractivity contribution >= 4 is 11.8 Å². The van der Waals surface area contributed by atoms with Crippen LogP contribution < -0.4 is 10.6 Å². The van der Waals surface area contributed by atoms with Crippen LogP contribution in [0.4, 0.5) is 0 Å². The molecule has 2 N–H and O–H groups in total. The second-order valence-electron chi connectivity index (χ2n) is 4.93. The molecule has 1 aliphatic heterocycles. The molecule has 1 saturated heterocycles. The fraction of sp³-hybridized carbons (Fsp3) is 0.846. The minimum atomic E-state index is -0.115. The first-order valence-electron chi connectivity index (χ1n) is 6.86. The van der Waals surface area contributed by atoms with Gasteiger partial charge in [0, 0.05) is 33.9 Å². The van der Waals surface area contributed by atoms with Crippen LogP contribution in [0.15, 0.2) is 0 Å². The monoisotopic (exact) mass is 271 g/mol. The molecule has 6 heteroatoms. The summed E-state index contributed by atoms with van der Waals surface area (Å²) < 4.78 is 4.90. The molecule has 110 valence electrons. The second kappa shape index (κ2) is 8.87. The summed E-state index contributed by atoms with van der Waals surface area (Å²) in [6, 6.07) is 0. The van der Waals surface area contributed by atoms with E-state index >= 15 is 0 Å². The molecule has 1 heterocycles. The van der Waals surface area contributed by atoms with Crippen LogP contribution in [0.25, 0.3) is 0 Å². The highest BCUT2D eigenvalue weighted by Gasteiger charge is 2.24. The highest BCUT2D eigenvalue weighted by Crippen LogP contribution is 2.12. The Balaban J connectivity index is 2.22. The van der Waals surface area contributed by atoms with E-state index in [2.05, 4.69) is 10.6 Å². The van der Waals surface area contributed by atoms with Crippen LogP contribution in [-0.4, -0.2) is 63.7 Å². The number of amides is 2. The van der Waals surface area contributed by atoms with E-state index in [9.17, 15) is 9.59 Å². The maximum Gasteiger partial charge on any atom is 0.239 e. The topological polar surface area (TPSA) is 70.7 Å². The summed E-state index contributed by atoms with van der Waals surface area (Å²) >= 11 is 0. The van der Waals surface area contributed by atoms with Crippen LogP contribution in [0.3, 0.4) is 0 Å². The van der Waals surface area contributed by atoms with Crippen molar-refractivity contribution < 1.29 is 14.3 Å². The lowest BCUT2D eigenvalue weighted by molar-refractivity contribution is -0.138. The highest BCUT2D eigenvalue weighted by atomic mass is 16.5. The zero-order chi connectivity index (χ0) is 14.1. The van der Waals surface area contributed by atoms with Crippen LogP contribution in [0.1, 0.15) is 19.3 Å². The van der Waals surface area contributed by atoms with Crippen molar-refractivity contribution in [3.8, 4) is 0 Å². The summed E-state index contributed by atoms with van der Waals surface area (Å²) in [7, 11) is 3.32. The van der Waals surface area contributed by atoms with E-state index in [1.165, 1.54) is 4.90 Å². The Labute approximate surface area is 114 Å². The maximum absolute atomic E-state index is 12.1. The van der Waals surface area contributed by atoms with Crippen molar-refractivity contribution in [2.24, 2.45) is 5.92 Å². The first-order valence-corrected chi connectivity index (χ1v) is 6.86. The van der Waals surface area contributed by atoms with E-state index in [0.717, 1.165) is 32.4 Å². The van der Waals surface area contributed by atoms with Gasteiger partial charge in [0.1, 0.15) is 0 Å². The van der Waals surface area contributed by atoms with Gasteiger partial charge in [-0.15, -0.1) is 0 Å². The largest absolute Gasteiger partial charge is 0.385 e. The van der Waals surface area contributed by atoms with E-state index in [1.54, 1.807) is 14.2 Å². The summed E-state index contributed by atoms with van der Waals surface area (Å²) in [5.41, 5.74) is 0. The molecule has 6 nitrogen and oxygen atoms in total. The third kappa shape index (κ3) is 6.02. The number of methoxy groups -OCH3 is 1. The van der Waals surface area contributed by atoms with E-state index in [-0.39, 0.29) is 24.3 Å². The average Bonchev–Trinajstić information content (AvgIpc) is 2.43. The Morgan fingerprint density at radius 3 is 2.89 bits per heavy atom. The number of ether oxygens (including phenoxy) is 1. The number of rotatable bonds is 7. The zero-order valence-electron chi connectivity index (χ0n) is 11.9. The molecule has 0 bridgehead atoms. The standard InChI is InChI=1S/C13H25N3O3/c1-16(10-12(17)15-7-4-8-19-2)13(18)11-5-3-6-14-9-11/h11,14H,3-10H2,1-2H3,(H,15,17)/t11-/m1/s1. The number of hydrogen-bond acceptors (Lipinski definition) is 4. The van der Waals surface area contributed by atoms with Crippen LogP contribution >= 0.6 is 0 Å². The third-order valence-electron chi connectivity index (χ3n) is 3.25. The lowest BCUT2D eigenvalue weighted by atomic mass is 9.98. The van der Waals surface area contributed by atoms with Crippen molar-refractivity contribution in [1.82, 2.24) is 15.5 Å². The lowest BCUT2D eigenvalue weighted by Crippen LogP contribution is -2.45. The minimum Gasteiger partial charge on any atom is -0.385 e. The molecule has 1 fully saturated rings. The second-order valence-corrected chi connectivity index (χ2v) is 4.93. The molecule has 19 heavy (non-hydrogen) atoms. The predicted octanol–water partition coefficient (Wildman–Crippen LogP) is -0.403. The summed E-state index contributed by atoms with van der Waals surface area (Å²) in [4.78, 5) is 25.3. The quantitative estimate of drug-likeness (QED) is 0.618. The Hall–Kier alpha value is -1.14. The van der Waals surface area contributed by atoms with Gasteiger partial charge >= 0.3 is 0 Å². The maximum atomic E-state index is 12.1. The Morgan fingerprint density at radius 1 is 1.47 bits per heavy atom. The van der Waals surface area contributed by atoms with Gasteiger partial charge in [-0.3, -0.25) is 9.59 Å². The molecule has 1 atom stereocenters. The number of carbonyl (C=O) groups excluding carboxylic acids is 2. The van der Waals surface area contributed by atoms with Crippen molar-refractivity contribution in [2.75, 3.05) is 46.9 Å². The molecule has 0 aromatic carbocycles. The van der Waals surface area contributed by atoms with Crippen LogP contribution in [0.2, 0.25) is 0 Å². The molecule has 0 aliphatic carbocycles. The SMILES string of the molecule is COCCCNC(=O)CN(C)C(=O)[C@@H]1CCCNC1. The number of nitrogens with one attached hydrogen (secondary N) is 2. The van der Waals surface area contributed by atoms with Crippen LogP contribution in [0, 0.1) is 5.92 Å². The van der Waals surface area contributed by atoms with Crippen LogP contribution in [0.5, 0.6) is 0 Å². The van der Waals surface area contributed by atoms with Gasteiger partial charge in [0.2, 0.25) is 11.8 Å². The van der Waals surface area contributed by atoms with Gasteiger partial charge in [-0.25, -0.2) is 0 Å². The fourth-order valence-corrected chi connectivity index (χ4v) is 2.17. The van der Waals surface area contributed by atoms with Gasteiger partial charge < -0.3 is 20.3 Å². The molecule has 0 spiro atoms. The molecule has 2 amide bonds. The lowest BCUT2D eigenvalue weighted by Gasteiger charge is -2.26. The number of hydrogen-bond donors (Lipinski definition) is 2. The number of carbonyl (C=O) groups is 2. The molecule has 0 unspecified atom stereocenters. The smallest absolute Gasteiger partial charge is 0.239 e. The summed E-state index contributed by atoms with van der Waals surface area (Å²) in [5.74, 6) is -0.0463. The summed E-state index contributed by atoms with van der Waals surface area (Å²) in [5, 5.41) is 5.99. The molecule has 0 aromatic heterocycles. The van der Waals surface area contributed by atoms with Gasteiger partial charge in [-0.2, -0.15) is 0 Å². The Morgan fingerprint density at radius 2 is 2.26 bits per heavy atom. The van der Waals surface area contributed by atoms with E-state index < -0.39 is 0 Å². The molecule has 0 aromatic rings. The molecule has 0 saturated carbocycles. The molecular weight excluding hydrogens is 246 g/mol. The normalized spacial score (nSPS) is 18.9. The van der Waals surface area contributed by atoms with Crippen molar-refractivity contribution in [3.05, 3.63) is 0 Å². The zero-order valence-corrected chi connectivity index (χ0v) is 11.9. The first kappa shape index (κ1) is 15.9. The summed E-state index contributed by atoms with van der Waals surface area (Å²) in [6.45, 7) is 3.04. The first-order chi connectivity index (χ1) is 9.15. The van der Waals surface area contributed by atoms with Gasteiger partial charge in [0.25, 0.3) is 0 Å². The van der Waals surface area contributed by atoms with Crippen molar-refractivity contribution in [1.29, 1.82) is 0 Å². The molecule has 1 rings (SSSR count). The van der Waals surface area contributed by atoms with Crippen LogP contribution in [-0.2, 0) is 14.3 Å². The fourth-order valence-electron chi connectivity index (χ4n) is 2.17. The minimum absolute atomic E-state index is 0.0139. The van der Waals surface area contributed by atoms with Gasteiger partial charge in [0.05, 0.1) is 12.5 Å². The highest BCUT2D eigenvalue weighted by molar-refractivity contribution is 5.85. The molecular formula is C13H25N3O3. The average molecular weight is 271 g/mol. The number of piperidine rings is 1. The molecule has 0 radical (unpaired) electrons. The van der Waals surface area contributed by atoms with Crippen molar-refractivity contribution in [2.45, 2.75) is 19.3 Å². The molecule has 1 aliphatic rings. The van der Waals surface area contributed by atoms with E-state index in [4.69, 9.17) is 4.74 Å². The van der Waals surface area contributed by atoms with E-state index in [1.807, 2.05) is 0 Å². The Bertz CT molecular complexity index is 291. The summed E-state index contributed by atoms with van der Waals surface area (Å²) in [6.07, 6.45) is 2.71. The van der Waals surface area contributed by atoms with Gasteiger partial charge in [-0.1, -0.05) is 0 Å². The number of nitrogens with zero attached hydrogens (tertiary/aromatic N) is 1. The van der Waals surface area contributed by atoms with E-state index in [0.29, 0.717) is 13.2 Å². The van der Waals surface area contributed by atoms with Crippen molar-refractivity contribution in [3.63, 3.8) is 0 Å². The predicted molar refractivity (Wildman–Crippen MR) is 72.7 cm³/mol. The van der Waals surface area contributed by atoms with Gasteiger partial charge in [0.15, 0.2) is 0 Å². The van der Waals surface area contributed by atoms with Gasteiger partial charge in [-0.05, 0) is 25.8 Å². The third-order valence-corrected chi connectivity index (χ3v) is 3.25.